The molecule has 0 bridgehead atoms. The fraction of sp³-hybridized carbons (Fsp3) is 0.400. The highest BCUT2D eigenvalue weighted by molar-refractivity contribution is 5.55. The van der Waals surface area contributed by atoms with Gasteiger partial charge >= 0.3 is 0 Å². The Morgan fingerprint density at radius 3 is 2.69 bits per heavy atom. The van der Waals surface area contributed by atoms with Crippen molar-refractivity contribution in [2.75, 3.05) is 7.11 Å². The summed E-state index contributed by atoms with van der Waals surface area (Å²) < 4.78 is 4.95. The topological polar surface area (TPSA) is 26.5 Å². The van der Waals surface area contributed by atoms with E-state index in [2.05, 4.69) is 23.7 Å². The van der Waals surface area contributed by atoms with Crippen molar-refractivity contribution in [3.05, 3.63) is 29.2 Å². The molecule has 0 fully saturated rings. The minimum atomic E-state index is 0.388. The summed E-state index contributed by atoms with van der Waals surface area (Å²) in [6.45, 7) is 11.1. The van der Waals surface area contributed by atoms with E-state index >= 15 is 0 Å². The molecule has 0 aliphatic heterocycles. The average Bonchev–Trinajstić information content (AvgIpc) is 2.16. The Morgan fingerprint density at radius 1 is 1.54 bits per heavy atom. The summed E-state index contributed by atoms with van der Waals surface area (Å²) in [5, 5.41) is 0. The molecule has 0 saturated heterocycles. The van der Waals surface area contributed by atoms with Crippen molar-refractivity contribution >= 4 is 5.69 Å². The lowest BCUT2D eigenvalue weighted by Gasteiger charge is -2.07. The van der Waals surface area contributed by atoms with Crippen molar-refractivity contribution in [3.8, 4) is 5.88 Å². The van der Waals surface area contributed by atoms with Crippen LogP contribution in [0.25, 0.3) is 4.85 Å². The smallest absolute Gasteiger partial charge is 0.247 e. The predicted molar refractivity (Wildman–Crippen MR) is 51.1 cm³/mol. The first kappa shape index (κ1) is 9.53. The molecule has 0 amide bonds. The molecule has 0 unspecified atom stereocenters. The summed E-state index contributed by atoms with van der Waals surface area (Å²) >= 11 is 0. The molecule has 13 heavy (non-hydrogen) atoms. The molecule has 1 heterocycles. The molecule has 0 aromatic carbocycles. The van der Waals surface area contributed by atoms with Gasteiger partial charge in [-0.15, -0.1) is 0 Å². The van der Waals surface area contributed by atoms with Gasteiger partial charge in [0.25, 0.3) is 0 Å². The Labute approximate surface area is 78.2 Å². The summed E-state index contributed by atoms with van der Waals surface area (Å²) in [6.07, 6.45) is 1.75. The third-order valence-electron chi connectivity index (χ3n) is 1.83. The third kappa shape index (κ3) is 1.97. The molecule has 3 heteroatoms. The van der Waals surface area contributed by atoms with Gasteiger partial charge in [0.15, 0.2) is 0 Å². The van der Waals surface area contributed by atoms with E-state index in [0.29, 0.717) is 17.5 Å². The molecule has 1 aromatic rings. The minimum Gasteiger partial charge on any atom is -0.490 e. The van der Waals surface area contributed by atoms with Crippen LogP contribution < -0.4 is 4.74 Å². The summed E-state index contributed by atoms with van der Waals surface area (Å²) in [6, 6.07) is 1.82. The lowest BCUT2D eigenvalue weighted by Crippen LogP contribution is -1.92. The molecule has 1 rings (SSSR count). The van der Waals surface area contributed by atoms with Crippen LogP contribution in [0.15, 0.2) is 12.3 Å². The first-order chi connectivity index (χ1) is 6.19. The highest BCUT2D eigenvalue weighted by Crippen LogP contribution is 2.28. The fourth-order valence-corrected chi connectivity index (χ4v) is 1.01. The first-order valence-electron chi connectivity index (χ1n) is 4.10. The second-order valence-corrected chi connectivity index (χ2v) is 3.06. The zero-order chi connectivity index (χ0) is 9.84. The van der Waals surface area contributed by atoms with Crippen LogP contribution in [-0.2, 0) is 0 Å². The molecule has 68 valence electrons. The largest absolute Gasteiger partial charge is 0.490 e. The molecule has 0 atom stereocenters. The normalized spacial score (nSPS) is 9.77. The summed E-state index contributed by atoms with van der Waals surface area (Å²) in [4.78, 5) is 7.40. The van der Waals surface area contributed by atoms with E-state index in [1.165, 1.54) is 7.11 Å². The van der Waals surface area contributed by atoms with Crippen molar-refractivity contribution in [2.45, 2.75) is 19.8 Å². The van der Waals surface area contributed by atoms with Gasteiger partial charge in [0.1, 0.15) is 0 Å². The van der Waals surface area contributed by atoms with E-state index in [1.54, 1.807) is 6.20 Å². The van der Waals surface area contributed by atoms with Crippen LogP contribution in [-0.4, -0.2) is 12.1 Å². The Hall–Kier alpha value is -1.56. The van der Waals surface area contributed by atoms with Crippen LogP contribution in [0.5, 0.6) is 5.88 Å². The minimum absolute atomic E-state index is 0.388. The van der Waals surface area contributed by atoms with E-state index in [1.807, 2.05) is 6.07 Å². The number of ether oxygens (including phenoxy) is 1. The average molecular weight is 176 g/mol. The van der Waals surface area contributed by atoms with Crippen LogP contribution in [0.3, 0.4) is 0 Å². The standard InChI is InChI=1S/C10H12N2O/c1-7(2)8-5-9(11-3)10(13-4)12-6-8/h5-7H,1-2,4H3. The van der Waals surface area contributed by atoms with Crippen molar-refractivity contribution in [3.63, 3.8) is 0 Å². The van der Waals surface area contributed by atoms with Crippen molar-refractivity contribution in [1.29, 1.82) is 0 Å². The maximum Gasteiger partial charge on any atom is 0.247 e. The first-order valence-corrected chi connectivity index (χ1v) is 4.10. The van der Waals surface area contributed by atoms with Gasteiger partial charge in [-0.2, -0.15) is 0 Å². The highest BCUT2D eigenvalue weighted by atomic mass is 16.5. The van der Waals surface area contributed by atoms with Gasteiger partial charge in [-0.3, -0.25) is 0 Å². The molecule has 0 aliphatic rings. The number of nitrogens with zero attached hydrogens (tertiary/aromatic N) is 2. The van der Waals surface area contributed by atoms with E-state index in [9.17, 15) is 0 Å². The molecule has 0 saturated carbocycles. The Balaban J connectivity index is 3.15. The van der Waals surface area contributed by atoms with Crippen LogP contribution >= 0.6 is 0 Å². The molecule has 0 N–H and O–H groups in total. The van der Waals surface area contributed by atoms with E-state index in [0.717, 1.165) is 5.56 Å². The number of rotatable bonds is 2. The zero-order valence-electron chi connectivity index (χ0n) is 8.03. The van der Waals surface area contributed by atoms with Crippen molar-refractivity contribution < 1.29 is 4.74 Å². The van der Waals surface area contributed by atoms with E-state index < -0.39 is 0 Å². The van der Waals surface area contributed by atoms with Crippen molar-refractivity contribution in [1.82, 2.24) is 4.98 Å². The quantitative estimate of drug-likeness (QED) is 0.648. The molecular formula is C10H12N2O. The van der Waals surface area contributed by atoms with Gasteiger partial charge in [-0.1, -0.05) is 13.8 Å². The lowest BCUT2D eigenvalue weighted by atomic mass is 10.1. The summed E-state index contributed by atoms with van der Waals surface area (Å²) in [5.41, 5.74) is 1.54. The molecular weight excluding hydrogens is 164 g/mol. The molecule has 0 spiro atoms. The number of hydrogen-bond donors (Lipinski definition) is 0. The number of pyridine rings is 1. The van der Waals surface area contributed by atoms with E-state index in [-0.39, 0.29) is 0 Å². The van der Waals surface area contributed by atoms with Crippen molar-refractivity contribution in [2.24, 2.45) is 0 Å². The summed E-state index contributed by atoms with van der Waals surface area (Å²) in [5.74, 6) is 0.790. The fourth-order valence-electron chi connectivity index (χ4n) is 1.01. The second kappa shape index (κ2) is 3.90. The Kier molecular flexibility index (Phi) is 2.86. The van der Waals surface area contributed by atoms with Crippen LogP contribution in [0.1, 0.15) is 25.3 Å². The number of aromatic nitrogens is 1. The zero-order valence-corrected chi connectivity index (χ0v) is 8.03. The third-order valence-corrected chi connectivity index (χ3v) is 1.83. The predicted octanol–water partition coefficient (Wildman–Crippen LogP) is 2.76. The van der Waals surface area contributed by atoms with Gasteiger partial charge in [0.05, 0.1) is 13.7 Å². The highest BCUT2D eigenvalue weighted by Gasteiger charge is 2.07. The Bertz CT molecular complexity index is 339. The van der Waals surface area contributed by atoms with E-state index in [4.69, 9.17) is 11.3 Å². The lowest BCUT2D eigenvalue weighted by molar-refractivity contribution is 0.400. The molecule has 0 aliphatic carbocycles. The maximum atomic E-state index is 6.93. The maximum absolute atomic E-state index is 6.93. The van der Waals surface area contributed by atoms with Crippen LogP contribution in [0.4, 0.5) is 5.69 Å². The van der Waals surface area contributed by atoms with Gasteiger partial charge in [-0.25, -0.2) is 9.83 Å². The second-order valence-electron chi connectivity index (χ2n) is 3.06. The number of methoxy groups -OCH3 is 1. The Morgan fingerprint density at radius 2 is 2.23 bits per heavy atom. The number of hydrogen-bond acceptors (Lipinski definition) is 2. The van der Waals surface area contributed by atoms with Crippen LogP contribution in [0, 0.1) is 6.57 Å². The monoisotopic (exact) mass is 176 g/mol. The van der Waals surface area contributed by atoms with Crippen LogP contribution in [0.2, 0.25) is 0 Å². The van der Waals surface area contributed by atoms with Gasteiger partial charge in [0.2, 0.25) is 11.6 Å². The molecule has 3 nitrogen and oxygen atoms in total. The SMILES string of the molecule is [C-]#[N+]c1cc(C(C)C)cnc1OC. The molecule has 1 aromatic heterocycles. The molecule has 0 radical (unpaired) electrons. The summed E-state index contributed by atoms with van der Waals surface area (Å²) in [7, 11) is 1.52. The van der Waals surface area contributed by atoms with Gasteiger partial charge in [-0.05, 0) is 17.5 Å². The van der Waals surface area contributed by atoms with Gasteiger partial charge in [0, 0.05) is 6.20 Å². The van der Waals surface area contributed by atoms with Gasteiger partial charge < -0.3 is 4.74 Å².